The lowest BCUT2D eigenvalue weighted by molar-refractivity contribution is 0.0950. The maximum atomic E-state index is 12.6. The lowest BCUT2D eigenvalue weighted by Crippen LogP contribution is -2.44. The summed E-state index contributed by atoms with van der Waals surface area (Å²) in [6, 6.07) is 12.4. The van der Waals surface area contributed by atoms with E-state index in [0.29, 0.717) is 0 Å². The molecular weight excluding hydrogens is 360 g/mol. The molecule has 1 aliphatic heterocycles. The summed E-state index contributed by atoms with van der Waals surface area (Å²) in [5.74, 6) is 0.0396. The first kappa shape index (κ1) is 21.5. The summed E-state index contributed by atoms with van der Waals surface area (Å²) < 4.78 is 2.21. The first-order valence-electron chi connectivity index (χ1n) is 9.57. The number of hydrogen-bond acceptors (Lipinski definition) is 3. The Morgan fingerprint density at radius 2 is 1.85 bits per heavy atom. The topological polar surface area (TPSA) is 49.3 Å². The Kier molecular flexibility index (Phi) is 8.35. The molecule has 0 bridgehead atoms. The molecule has 1 aromatic carbocycles. The molecule has 0 atom stereocenters. The number of benzene rings is 1. The summed E-state index contributed by atoms with van der Waals surface area (Å²) in [5, 5.41) is 6.45. The van der Waals surface area contributed by atoms with Crippen molar-refractivity contribution in [2.24, 2.45) is 0 Å². The van der Waals surface area contributed by atoms with Gasteiger partial charge >= 0.3 is 0 Å². The van der Waals surface area contributed by atoms with Crippen molar-refractivity contribution in [3.8, 4) is 0 Å². The fourth-order valence-electron chi connectivity index (χ4n) is 3.57. The van der Waals surface area contributed by atoms with Crippen LogP contribution in [0.2, 0.25) is 0 Å². The molecule has 2 N–H and O–H groups in total. The van der Waals surface area contributed by atoms with Gasteiger partial charge in [0.05, 0.1) is 5.56 Å². The van der Waals surface area contributed by atoms with E-state index in [4.69, 9.17) is 0 Å². The van der Waals surface area contributed by atoms with E-state index in [0.717, 1.165) is 69.2 Å². The van der Waals surface area contributed by atoms with Crippen LogP contribution in [-0.4, -0.2) is 54.6 Å². The molecule has 0 unspecified atom stereocenters. The van der Waals surface area contributed by atoms with E-state index in [9.17, 15) is 4.79 Å². The normalized spacial score (nSPS) is 14.6. The zero-order chi connectivity index (χ0) is 18.4. The number of carbonyl (C=O) groups excluding carboxylic acids is 1. The number of nitrogens with zero attached hydrogens (tertiary/aromatic N) is 2. The van der Waals surface area contributed by atoms with Crippen molar-refractivity contribution in [3.63, 3.8) is 0 Å². The van der Waals surface area contributed by atoms with Gasteiger partial charge in [0.15, 0.2) is 0 Å². The average molecular weight is 391 g/mol. The van der Waals surface area contributed by atoms with E-state index in [1.165, 1.54) is 5.56 Å². The Morgan fingerprint density at radius 1 is 1.15 bits per heavy atom. The predicted molar refractivity (Wildman–Crippen MR) is 113 cm³/mol. The molecule has 0 aliphatic carbocycles. The highest BCUT2D eigenvalue weighted by molar-refractivity contribution is 5.95. The second-order valence-corrected chi connectivity index (χ2v) is 7.06. The minimum Gasteiger partial charge on any atom is -0.352 e. The monoisotopic (exact) mass is 390 g/mol. The van der Waals surface area contributed by atoms with Gasteiger partial charge in [0.25, 0.3) is 5.91 Å². The van der Waals surface area contributed by atoms with Crippen LogP contribution in [0.5, 0.6) is 0 Å². The van der Waals surface area contributed by atoms with Gasteiger partial charge in [-0.3, -0.25) is 4.79 Å². The van der Waals surface area contributed by atoms with Gasteiger partial charge in [-0.15, -0.1) is 12.4 Å². The van der Waals surface area contributed by atoms with Crippen LogP contribution in [0.25, 0.3) is 0 Å². The molecule has 1 aromatic heterocycles. The van der Waals surface area contributed by atoms with Crippen molar-refractivity contribution in [2.75, 3.05) is 39.3 Å². The van der Waals surface area contributed by atoms with Gasteiger partial charge in [0, 0.05) is 50.7 Å². The molecule has 2 aromatic rings. The highest BCUT2D eigenvalue weighted by Gasteiger charge is 2.16. The van der Waals surface area contributed by atoms with Crippen molar-refractivity contribution in [2.45, 2.75) is 26.8 Å². The summed E-state index contributed by atoms with van der Waals surface area (Å²) in [7, 11) is 0. The number of aryl methyl sites for hydroxylation is 1. The van der Waals surface area contributed by atoms with E-state index in [1.807, 2.05) is 19.1 Å². The average Bonchev–Trinajstić information content (AvgIpc) is 2.95. The van der Waals surface area contributed by atoms with E-state index in [1.54, 1.807) is 0 Å². The van der Waals surface area contributed by atoms with Crippen LogP contribution in [0.4, 0.5) is 0 Å². The third kappa shape index (κ3) is 5.83. The second kappa shape index (κ2) is 10.5. The lowest BCUT2D eigenvalue weighted by atomic mass is 10.2. The Hall–Kier alpha value is -1.82. The van der Waals surface area contributed by atoms with Crippen LogP contribution in [-0.2, 0) is 6.54 Å². The first-order valence-corrected chi connectivity index (χ1v) is 9.57. The molecule has 1 fully saturated rings. The maximum absolute atomic E-state index is 12.6. The molecule has 1 saturated heterocycles. The van der Waals surface area contributed by atoms with Crippen molar-refractivity contribution in [3.05, 3.63) is 58.9 Å². The van der Waals surface area contributed by atoms with Crippen molar-refractivity contribution >= 4 is 18.3 Å². The van der Waals surface area contributed by atoms with Gasteiger partial charge in [-0.2, -0.15) is 0 Å². The standard InChI is InChI=1S/C21H30N4O.ClH/c1-17-15-20(18(2)25(17)16-19-7-4-3-5-8-19)21(26)23-9-6-12-24-13-10-22-11-14-24;/h3-5,7-8,15,22H,6,9-14,16H2,1-2H3,(H,23,26);1H. The smallest absolute Gasteiger partial charge is 0.253 e. The van der Waals surface area contributed by atoms with Gasteiger partial charge in [0.1, 0.15) is 0 Å². The summed E-state index contributed by atoms with van der Waals surface area (Å²) in [4.78, 5) is 15.0. The Bertz CT molecular complexity index is 723. The SMILES string of the molecule is Cc1cc(C(=O)NCCCN2CCNCC2)c(C)n1Cc1ccccc1.Cl. The predicted octanol–water partition coefficient (Wildman–Crippen LogP) is 2.60. The first-order chi connectivity index (χ1) is 12.6. The number of rotatable bonds is 7. The largest absolute Gasteiger partial charge is 0.352 e. The van der Waals surface area contributed by atoms with E-state index in [-0.39, 0.29) is 18.3 Å². The number of hydrogen-bond donors (Lipinski definition) is 2. The molecule has 148 valence electrons. The maximum Gasteiger partial charge on any atom is 0.253 e. The van der Waals surface area contributed by atoms with Crippen LogP contribution in [0.15, 0.2) is 36.4 Å². The summed E-state index contributed by atoms with van der Waals surface area (Å²) in [5.41, 5.74) is 4.20. The molecule has 1 aliphatic rings. The minimum absolute atomic E-state index is 0. The van der Waals surface area contributed by atoms with E-state index in [2.05, 4.69) is 51.3 Å². The molecule has 27 heavy (non-hydrogen) atoms. The zero-order valence-electron chi connectivity index (χ0n) is 16.3. The zero-order valence-corrected chi connectivity index (χ0v) is 17.1. The number of piperazine rings is 1. The lowest BCUT2D eigenvalue weighted by Gasteiger charge is -2.27. The molecular formula is C21H31ClN4O. The number of carbonyl (C=O) groups is 1. The number of halogens is 1. The highest BCUT2D eigenvalue weighted by Crippen LogP contribution is 2.17. The number of aromatic nitrogens is 1. The second-order valence-electron chi connectivity index (χ2n) is 7.06. The van der Waals surface area contributed by atoms with Crippen LogP contribution in [0, 0.1) is 13.8 Å². The summed E-state index contributed by atoms with van der Waals surface area (Å²) in [6.07, 6.45) is 0.995. The van der Waals surface area contributed by atoms with Crippen molar-refractivity contribution in [1.82, 2.24) is 20.1 Å². The number of nitrogens with one attached hydrogen (secondary N) is 2. The quantitative estimate of drug-likeness (QED) is 0.714. The Labute approximate surface area is 168 Å². The molecule has 6 heteroatoms. The molecule has 3 rings (SSSR count). The molecule has 0 radical (unpaired) electrons. The van der Waals surface area contributed by atoms with Crippen LogP contribution in [0.1, 0.15) is 33.7 Å². The van der Waals surface area contributed by atoms with Crippen LogP contribution < -0.4 is 10.6 Å². The highest BCUT2D eigenvalue weighted by atomic mass is 35.5. The van der Waals surface area contributed by atoms with Gasteiger partial charge < -0.3 is 20.1 Å². The summed E-state index contributed by atoms with van der Waals surface area (Å²) in [6.45, 7) is 11.0. The van der Waals surface area contributed by atoms with Crippen molar-refractivity contribution < 1.29 is 4.79 Å². The third-order valence-electron chi connectivity index (χ3n) is 5.15. The van der Waals surface area contributed by atoms with Crippen molar-refractivity contribution in [1.29, 1.82) is 0 Å². The van der Waals surface area contributed by atoms with E-state index < -0.39 is 0 Å². The minimum atomic E-state index is 0. The molecule has 2 heterocycles. The van der Waals surface area contributed by atoms with E-state index >= 15 is 0 Å². The molecule has 0 saturated carbocycles. The van der Waals surface area contributed by atoms with Crippen LogP contribution >= 0.6 is 12.4 Å². The van der Waals surface area contributed by atoms with Gasteiger partial charge in [-0.25, -0.2) is 0 Å². The number of amides is 1. The molecule has 5 nitrogen and oxygen atoms in total. The van der Waals surface area contributed by atoms with Gasteiger partial charge in [0.2, 0.25) is 0 Å². The fraction of sp³-hybridized carbons (Fsp3) is 0.476. The van der Waals surface area contributed by atoms with Crippen LogP contribution in [0.3, 0.4) is 0 Å². The summed E-state index contributed by atoms with van der Waals surface area (Å²) >= 11 is 0. The molecule has 1 amide bonds. The Balaban J connectivity index is 0.00000261. The van der Waals surface area contributed by atoms with Gasteiger partial charge in [-0.05, 0) is 38.4 Å². The third-order valence-corrected chi connectivity index (χ3v) is 5.15. The Morgan fingerprint density at radius 3 is 2.56 bits per heavy atom. The van der Waals surface area contributed by atoms with Gasteiger partial charge in [-0.1, -0.05) is 30.3 Å². The fourth-order valence-corrected chi connectivity index (χ4v) is 3.57. The molecule has 0 spiro atoms.